The van der Waals surface area contributed by atoms with Gasteiger partial charge in [-0.2, -0.15) is 0 Å². The number of esters is 1. The summed E-state index contributed by atoms with van der Waals surface area (Å²) in [6, 6.07) is 17.6. The van der Waals surface area contributed by atoms with Crippen LogP contribution < -0.4 is 19.5 Å². The molecule has 0 spiro atoms. The summed E-state index contributed by atoms with van der Waals surface area (Å²) in [5.74, 6) is -0.0450. The number of amides is 1. The zero-order valence-electron chi connectivity index (χ0n) is 21.4. The molecule has 0 bridgehead atoms. The van der Waals surface area contributed by atoms with Gasteiger partial charge in [-0.1, -0.05) is 32.0 Å². The van der Waals surface area contributed by atoms with Gasteiger partial charge in [-0.25, -0.2) is 13.2 Å². The number of benzene rings is 3. The van der Waals surface area contributed by atoms with Crippen LogP contribution in [0.5, 0.6) is 11.5 Å². The molecule has 2 N–H and O–H groups in total. The average Bonchev–Trinajstić information content (AvgIpc) is 2.92. The second kappa shape index (κ2) is 11.6. The van der Waals surface area contributed by atoms with E-state index in [4.69, 9.17) is 14.2 Å². The molecule has 2 unspecified atom stereocenters. The van der Waals surface area contributed by atoms with E-state index in [0.717, 1.165) is 12.0 Å². The maximum atomic E-state index is 12.8. The van der Waals surface area contributed by atoms with Gasteiger partial charge < -0.3 is 19.5 Å². The molecule has 1 aliphatic heterocycles. The average molecular weight is 539 g/mol. The van der Waals surface area contributed by atoms with Crippen LogP contribution >= 0.6 is 0 Å². The minimum atomic E-state index is -3.91. The standard InChI is InChI=1S/C28H30N2O7S/c1-4-18(2)23-7-5-6-8-24(23)29-27(31)19(3)37-28(32)20-9-11-21(12-10-20)30-38(33,34)22-13-14-25-26(17-22)36-16-15-35-25/h5-14,17-19,30H,4,15-16H2,1-3H3,(H,29,31). The fourth-order valence-electron chi connectivity index (χ4n) is 3.86. The van der Waals surface area contributed by atoms with Crippen molar-refractivity contribution in [2.75, 3.05) is 23.3 Å². The Morgan fingerprint density at radius 1 is 0.947 bits per heavy atom. The highest BCUT2D eigenvalue weighted by Gasteiger charge is 2.22. The van der Waals surface area contributed by atoms with Crippen LogP contribution in [0.1, 0.15) is 49.0 Å². The first-order chi connectivity index (χ1) is 18.2. The Bertz CT molecular complexity index is 1420. The lowest BCUT2D eigenvalue weighted by atomic mass is 9.97. The van der Waals surface area contributed by atoms with Gasteiger partial charge in [0.2, 0.25) is 0 Å². The number of carbonyl (C=O) groups is 2. The highest BCUT2D eigenvalue weighted by molar-refractivity contribution is 7.92. The molecular weight excluding hydrogens is 508 g/mol. The largest absolute Gasteiger partial charge is 0.486 e. The van der Waals surface area contributed by atoms with Crippen molar-refractivity contribution in [1.29, 1.82) is 0 Å². The smallest absolute Gasteiger partial charge is 0.338 e. The maximum Gasteiger partial charge on any atom is 0.338 e. The van der Waals surface area contributed by atoms with E-state index in [1.54, 1.807) is 6.07 Å². The first kappa shape index (κ1) is 27.0. The SMILES string of the molecule is CCC(C)c1ccccc1NC(=O)C(C)OC(=O)c1ccc(NS(=O)(=O)c2ccc3c(c2)OCCO3)cc1. The van der Waals surface area contributed by atoms with Crippen LogP contribution in [0.15, 0.2) is 71.6 Å². The summed E-state index contributed by atoms with van der Waals surface area (Å²) < 4.78 is 44.3. The van der Waals surface area contributed by atoms with Crippen LogP contribution in [0.25, 0.3) is 0 Å². The van der Waals surface area contributed by atoms with Gasteiger partial charge in [0.15, 0.2) is 17.6 Å². The Kier molecular flexibility index (Phi) is 8.21. The van der Waals surface area contributed by atoms with Crippen molar-refractivity contribution in [2.24, 2.45) is 0 Å². The summed E-state index contributed by atoms with van der Waals surface area (Å²) in [5, 5.41) is 2.84. The van der Waals surface area contributed by atoms with Gasteiger partial charge in [-0.3, -0.25) is 9.52 Å². The zero-order chi connectivity index (χ0) is 27.3. The number of nitrogens with one attached hydrogen (secondary N) is 2. The summed E-state index contributed by atoms with van der Waals surface area (Å²) in [4.78, 5) is 25.3. The third kappa shape index (κ3) is 6.25. The molecule has 3 aromatic rings. The quantitative estimate of drug-likeness (QED) is 0.370. The molecule has 0 fully saturated rings. The lowest BCUT2D eigenvalue weighted by Gasteiger charge is -2.19. The zero-order valence-corrected chi connectivity index (χ0v) is 22.2. The number of sulfonamides is 1. The van der Waals surface area contributed by atoms with E-state index in [-0.39, 0.29) is 22.1 Å². The highest BCUT2D eigenvalue weighted by Crippen LogP contribution is 2.33. The predicted molar refractivity (Wildman–Crippen MR) is 143 cm³/mol. The first-order valence-corrected chi connectivity index (χ1v) is 13.8. The summed E-state index contributed by atoms with van der Waals surface area (Å²) in [7, 11) is -3.91. The summed E-state index contributed by atoms with van der Waals surface area (Å²) in [5.41, 5.74) is 2.12. The molecule has 1 aliphatic rings. The van der Waals surface area contributed by atoms with Crippen LogP contribution in [-0.2, 0) is 19.6 Å². The third-order valence-electron chi connectivity index (χ3n) is 6.21. The summed E-state index contributed by atoms with van der Waals surface area (Å²) in [6.45, 7) is 6.39. The minimum absolute atomic E-state index is 0.0139. The van der Waals surface area contributed by atoms with Gasteiger partial charge in [0.05, 0.1) is 10.5 Å². The number of rotatable bonds is 9. The van der Waals surface area contributed by atoms with Crippen molar-refractivity contribution in [1.82, 2.24) is 0 Å². The molecule has 10 heteroatoms. The van der Waals surface area contributed by atoms with E-state index in [1.807, 2.05) is 24.3 Å². The maximum absolute atomic E-state index is 12.8. The Hall–Kier alpha value is -4.05. The molecule has 200 valence electrons. The van der Waals surface area contributed by atoms with Gasteiger partial charge in [-0.15, -0.1) is 0 Å². The van der Waals surface area contributed by atoms with Crippen LogP contribution in [0, 0.1) is 0 Å². The molecule has 1 heterocycles. The van der Waals surface area contributed by atoms with Gasteiger partial charge >= 0.3 is 5.97 Å². The Morgan fingerprint density at radius 3 is 2.34 bits per heavy atom. The lowest BCUT2D eigenvalue weighted by Crippen LogP contribution is -2.30. The molecule has 9 nitrogen and oxygen atoms in total. The molecule has 1 amide bonds. The molecule has 0 aromatic heterocycles. The van der Waals surface area contributed by atoms with E-state index in [2.05, 4.69) is 23.9 Å². The van der Waals surface area contributed by atoms with Crippen molar-refractivity contribution >= 4 is 33.3 Å². The fourth-order valence-corrected chi connectivity index (χ4v) is 4.93. The topological polar surface area (TPSA) is 120 Å². The van der Waals surface area contributed by atoms with Gasteiger partial charge in [0, 0.05) is 17.4 Å². The first-order valence-electron chi connectivity index (χ1n) is 12.3. The summed E-state index contributed by atoms with van der Waals surface area (Å²) in [6.07, 6.45) is -0.124. The molecule has 3 aromatic carbocycles. The second-order valence-electron chi connectivity index (χ2n) is 8.92. The van der Waals surface area contributed by atoms with Crippen molar-refractivity contribution < 1.29 is 32.2 Å². The fraction of sp³-hybridized carbons (Fsp3) is 0.286. The number of carbonyl (C=O) groups excluding carboxylic acids is 2. The molecule has 2 atom stereocenters. The number of hydrogen-bond acceptors (Lipinski definition) is 7. The summed E-state index contributed by atoms with van der Waals surface area (Å²) >= 11 is 0. The Balaban J connectivity index is 1.37. The lowest BCUT2D eigenvalue weighted by molar-refractivity contribution is -0.123. The van der Waals surface area contributed by atoms with Gasteiger partial charge in [0.25, 0.3) is 15.9 Å². The molecule has 0 saturated heterocycles. The van der Waals surface area contributed by atoms with E-state index in [9.17, 15) is 18.0 Å². The van der Waals surface area contributed by atoms with E-state index in [1.165, 1.54) is 43.3 Å². The monoisotopic (exact) mass is 538 g/mol. The van der Waals surface area contributed by atoms with Crippen LogP contribution in [0.4, 0.5) is 11.4 Å². The van der Waals surface area contributed by atoms with Crippen LogP contribution in [0.2, 0.25) is 0 Å². The number of hydrogen-bond donors (Lipinski definition) is 2. The number of anilines is 2. The van der Waals surface area contributed by atoms with E-state index < -0.39 is 28.0 Å². The molecule has 0 saturated carbocycles. The third-order valence-corrected chi connectivity index (χ3v) is 7.59. The second-order valence-corrected chi connectivity index (χ2v) is 10.6. The number of ether oxygens (including phenoxy) is 3. The molecule has 4 rings (SSSR count). The molecular formula is C28H30N2O7S. The number of fused-ring (bicyclic) bond motifs is 1. The van der Waals surface area contributed by atoms with Crippen molar-refractivity contribution in [2.45, 2.75) is 44.1 Å². The van der Waals surface area contributed by atoms with Gasteiger partial charge in [0.1, 0.15) is 13.2 Å². The van der Waals surface area contributed by atoms with Crippen molar-refractivity contribution in [3.05, 3.63) is 77.9 Å². The van der Waals surface area contributed by atoms with E-state index in [0.29, 0.717) is 30.4 Å². The van der Waals surface area contributed by atoms with Crippen LogP contribution in [-0.4, -0.2) is 39.6 Å². The molecule has 38 heavy (non-hydrogen) atoms. The van der Waals surface area contributed by atoms with Crippen LogP contribution in [0.3, 0.4) is 0 Å². The van der Waals surface area contributed by atoms with Crippen molar-refractivity contribution in [3.63, 3.8) is 0 Å². The molecule has 0 aliphatic carbocycles. The Labute approximate surface area is 222 Å². The Morgan fingerprint density at radius 2 is 1.63 bits per heavy atom. The number of para-hydroxylation sites is 1. The predicted octanol–water partition coefficient (Wildman–Crippen LogP) is 4.96. The highest BCUT2D eigenvalue weighted by atomic mass is 32.2. The van der Waals surface area contributed by atoms with E-state index >= 15 is 0 Å². The normalized spacial score (nSPS) is 14.2. The minimum Gasteiger partial charge on any atom is -0.486 e. The molecule has 0 radical (unpaired) electrons. The van der Waals surface area contributed by atoms with Gasteiger partial charge in [-0.05, 0) is 67.3 Å². The van der Waals surface area contributed by atoms with Crippen molar-refractivity contribution in [3.8, 4) is 11.5 Å².